The van der Waals surface area contributed by atoms with E-state index in [4.69, 9.17) is 4.74 Å². The number of ether oxygens (including phenoxy) is 1. The molecular weight excluding hydrogens is 235 g/mol. The fraction of sp³-hybridized carbons (Fsp3) is 0.308. The molecule has 0 aliphatic rings. The van der Waals surface area contributed by atoms with Crippen molar-refractivity contribution in [2.75, 3.05) is 7.11 Å². The first-order valence-corrected chi connectivity index (χ1v) is 5.61. The third kappa shape index (κ3) is 2.51. The van der Waals surface area contributed by atoms with Gasteiger partial charge in [-0.05, 0) is 24.6 Å². The van der Waals surface area contributed by atoms with E-state index < -0.39 is 11.9 Å². The molecule has 1 N–H and O–H groups in total. The van der Waals surface area contributed by atoms with Crippen molar-refractivity contribution in [3.05, 3.63) is 47.8 Å². The number of aryl methyl sites for hydroxylation is 1. The van der Waals surface area contributed by atoms with E-state index in [2.05, 4.69) is 4.98 Å². The van der Waals surface area contributed by atoms with Gasteiger partial charge in [0.25, 0.3) is 0 Å². The topological polar surface area (TPSA) is 47.3 Å². The van der Waals surface area contributed by atoms with Gasteiger partial charge in [0.1, 0.15) is 5.82 Å². The molecule has 1 unspecified atom stereocenters. The van der Waals surface area contributed by atoms with Crippen LogP contribution in [0.2, 0.25) is 0 Å². The van der Waals surface area contributed by atoms with Gasteiger partial charge < -0.3 is 14.4 Å². The molecule has 0 amide bonds. The van der Waals surface area contributed by atoms with Crippen molar-refractivity contribution in [1.29, 1.82) is 0 Å². The van der Waals surface area contributed by atoms with E-state index in [-0.39, 0.29) is 5.75 Å². The van der Waals surface area contributed by atoms with Crippen molar-refractivity contribution >= 4 is 0 Å². The van der Waals surface area contributed by atoms with Gasteiger partial charge in [0.05, 0.1) is 19.8 Å². The predicted octanol–water partition coefficient (Wildman–Crippen LogP) is 2.07. The normalized spacial score (nSPS) is 12.4. The fourth-order valence-electron chi connectivity index (χ4n) is 1.78. The van der Waals surface area contributed by atoms with E-state index in [9.17, 15) is 9.50 Å². The van der Waals surface area contributed by atoms with E-state index in [0.29, 0.717) is 12.1 Å². The Bertz CT molecular complexity index is 540. The average molecular weight is 250 g/mol. The smallest absolute Gasteiger partial charge is 0.165 e. The maximum Gasteiger partial charge on any atom is 0.165 e. The Hall–Kier alpha value is -1.88. The molecule has 5 heteroatoms. The summed E-state index contributed by atoms with van der Waals surface area (Å²) < 4.78 is 20.2. The van der Waals surface area contributed by atoms with Gasteiger partial charge in [-0.25, -0.2) is 9.37 Å². The largest absolute Gasteiger partial charge is 0.494 e. The SMILES string of the molecule is COc1ccc(C(O)Cn2ccnc2C)cc1F. The summed E-state index contributed by atoms with van der Waals surface area (Å²) in [6.07, 6.45) is 2.66. The van der Waals surface area contributed by atoms with Crippen LogP contribution >= 0.6 is 0 Å². The first-order chi connectivity index (χ1) is 8.61. The molecule has 0 bridgehead atoms. The highest BCUT2D eigenvalue weighted by Crippen LogP contribution is 2.23. The van der Waals surface area contributed by atoms with Gasteiger partial charge in [0.15, 0.2) is 11.6 Å². The molecule has 0 saturated carbocycles. The Morgan fingerprint density at radius 3 is 2.83 bits per heavy atom. The standard InChI is InChI=1S/C13H15FN2O2/c1-9-15-5-6-16(9)8-12(17)10-3-4-13(18-2)11(14)7-10/h3-7,12,17H,8H2,1-2H3. The fourth-order valence-corrected chi connectivity index (χ4v) is 1.78. The summed E-state index contributed by atoms with van der Waals surface area (Å²) in [4.78, 5) is 4.07. The first-order valence-electron chi connectivity index (χ1n) is 5.61. The lowest BCUT2D eigenvalue weighted by atomic mass is 10.1. The molecule has 0 radical (unpaired) electrons. The van der Waals surface area contributed by atoms with E-state index in [1.807, 2.05) is 11.5 Å². The highest BCUT2D eigenvalue weighted by atomic mass is 19.1. The van der Waals surface area contributed by atoms with Gasteiger partial charge >= 0.3 is 0 Å². The molecule has 2 aromatic rings. The molecule has 0 saturated heterocycles. The van der Waals surface area contributed by atoms with Crippen LogP contribution in [0.25, 0.3) is 0 Å². The average Bonchev–Trinajstić information content (AvgIpc) is 2.75. The molecule has 0 aliphatic heterocycles. The van der Waals surface area contributed by atoms with Crippen LogP contribution in [-0.2, 0) is 6.54 Å². The quantitative estimate of drug-likeness (QED) is 0.903. The summed E-state index contributed by atoms with van der Waals surface area (Å²) in [7, 11) is 1.41. The summed E-state index contributed by atoms with van der Waals surface area (Å²) in [5.74, 6) is 0.504. The molecule has 0 fully saturated rings. The van der Waals surface area contributed by atoms with E-state index in [1.54, 1.807) is 18.5 Å². The van der Waals surface area contributed by atoms with E-state index in [1.165, 1.54) is 19.2 Å². The number of halogens is 1. The van der Waals surface area contributed by atoms with Crippen LogP contribution in [0.5, 0.6) is 5.75 Å². The molecule has 1 atom stereocenters. The Labute approximate surface area is 105 Å². The van der Waals surface area contributed by atoms with Crippen LogP contribution < -0.4 is 4.74 Å². The maximum absolute atomic E-state index is 13.5. The van der Waals surface area contributed by atoms with Crippen molar-refractivity contribution in [1.82, 2.24) is 9.55 Å². The highest BCUT2D eigenvalue weighted by Gasteiger charge is 2.12. The minimum atomic E-state index is -0.779. The maximum atomic E-state index is 13.5. The number of aromatic nitrogens is 2. The second-order valence-corrected chi connectivity index (χ2v) is 4.04. The molecule has 0 spiro atoms. The zero-order valence-corrected chi connectivity index (χ0v) is 10.3. The second kappa shape index (κ2) is 5.18. The third-order valence-corrected chi connectivity index (χ3v) is 2.85. The van der Waals surface area contributed by atoms with Gasteiger partial charge in [-0.3, -0.25) is 0 Å². The Kier molecular flexibility index (Phi) is 3.62. The monoisotopic (exact) mass is 250 g/mol. The lowest BCUT2D eigenvalue weighted by molar-refractivity contribution is 0.155. The zero-order chi connectivity index (χ0) is 13.1. The predicted molar refractivity (Wildman–Crippen MR) is 64.9 cm³/mol. The first kappa shape index (κ1) is 12.6. The van der Waals surface area contributed by atoms with E-state index in [0.717, 1.165) is 5.82 Å². The second-order valence-electron chi connectivity index (χ2n) is 4.04. The van der Waals surface area contributed by atoms with Crippen molar-refractivity contribution < 1.29 is 14.2 Å². The number of hydrogen-bond acceptors (Lipinski definition) is 3. The number of aliphatic hydroxyl groups is 1. The molecule has 1 heterocycles. The molecule has 96 valence electrons. The molecule has 1 aromatic heterocycles. The molecule has 18 heavy (non-hydrogen) atoms. The van der Waals surface area contributed by atoms with Crippen LogP contribution in [-0.4, -0.2) is 21.8 Å². The minimum Gasteiger partial charge on any atom is -0.494 e. The Morgan fingerprint density at radius 2 is 2.28 bits per heavy atom. The van der Waals surface area contributed by atoms with Crippen LogP contribution in [0.4, 0.5) is 4.39 Å². The number of methoxy groups -OCH3 is 1. The van der Waals surface area contributed by atoms with Crippen molar-refractivity contribution in [2.45, 2.75) is 19.6 Å². The Balaban J connectivity index is 2.16. The lowest BCUT2D eigenvalue weighted by Crippen LogP contribution is -2.09. The highest BCUT2D eigenvalue weighted by molar-refractivity contribution is 5.30. The number of rotatable bonds is 4. The number of hydrogen-bond donors (Lipinski definition) is 1. The number of aliphatic hydroxyl groups excluding tert-OH is 1. The molecule has 2 rings (SSSR count). The summed E-state index contributed by atoms with van der Waals surface area (Å²) in [6, 6.07) is 4.45. The number of nitrogens with zero attached hydrogens (tertiary/aromatic N) is 2. The van der Waals surface area contributed by atoms with Gasteiger partial charge in [-0.15, -0.1) is 0 Å². The van der Waals surface area contributed by atoms with Crippen LogP contribution in [0.15, 0.2) is 30.6 Å². The van der Waals surface area contributed by atoms with Gasteiger partial charge in [0.2, 0.25) is 0 Å². The van der Waals surface area contributed by atoms with Crippen molar-refractivity contribution in [3.63, 3.8) is 0 Å². The van der Waals surface area contributed by atoms with E-state index >= 15 is 0 Å². The summed E-state index contributed by atoms with van der Waals surface area (Å²) in [5.41, 5.74) is 0.515. The number of benzene rings is 1. The van der Waals surface area contributed by atoms with Crippen LogP contribution in [0.3, 0.4) is 0 Å². The molecule has 1 aromatic carbocycles. The van der Waals surface area contributed by atoms with Gasteiger partial charge in [-0.1, -0.05) is 6.07 Å². The number of imidazole rings is 1. The van der Waals surface area contributed by atoms with Crippen molar-refractivity contribution in [2.24, 2.45) is 0 Å². The summed E-state index contributed by atoms with van der Waals surface area (Å²) in [5, 5.41) is 10.0. The molecule has 4 nitrogen and oxygen atoms in total. The van der Waals surface area contributed by atoms with Crippen LogP contribution in [0.1, 0.15) is 17.5 Å². The van der Waals surface area contributed by atoms with Gasteiger partial charge in [-0.2, -0.15) is 0 Å². The third-order valence-electron chi connectivity index (χ3n) is 2.85. The lowest BCUT2D eigenvalue weighted by Gasteiger charge is -2.13. The Morgan fingerprint density at radius 1 is 1.50 bits per heavy atom. The summed E-state index contributed by atoms with van der Waals surface area (Å²) >= 11 is 0. The molecule has 0 aliphatic carbocycles. The minimum absolute atomic E-state index is 0.171. The zero-order valence-electron chi connectivity index (χ0n) is 10.3. The van der Waals surface area contributed by atoms with Crippen LogP contribution in [0, 0.1) is 12.7 Å². The molecular formula is C13H15FN2O2. The van der Waals surface area contributed by atoms with Gasteiger partial charge in [0, 0.05) is 12.4 Å². The van der Waals surface area contributed by atoms with Crippen molar-refractivity contribution in [3.8, 4) is 5.75 Å². The summed E-state index contributed by atoms with van der Waals surface area (Å²) in [6.45, 7) is 2.19.